The number of fused-ring (bicyclic) bond motifs is 1. The number of carbonyl (C=O) groups is 1. The smallest absolute Gasteiger partial charge is 0.337 e. The van der Waals surface area contributed by atoms with Crippen LogP contribution in [0.1, 0.15) is 29.2 Å². The highest BCUT2D eigenvalue weighted by Gasteiger charge is 2.24. The van der Waals surface area contributed by atoms with E-state index >= 15 is 0 Å². The van der Waals surface area contributed by atoms with E-state index in [4.69, 9.17) is 14.6 Å². The van der Waals surface area contributed by atoms with Gasteiger partial charge in [0.1, 0.15) is 23.6 Å². The molecule has 1 fully saturated rings. The molecule has 0 aliphatic carbocycles. The summed E-state index contributed by atoms with van der Waals surface area (Å²) < 4.78 is 12.3. The van der Waals surface area contributed by atoms with E-state index in [1.54, 1.807) is 36.4 Å². The maximum Gasteiger partial charge on any atom is 0.337 e. The average Bonchev–Trinajstić information content (AvgIpc) is 3.26. The van der Waals surface area contributed by atoms with Gasteiger partial charge in [-0.15, -0.1) is 0 Å². The van der Waals surface area contributed by atoms with Crippen LogP contribution < -0.4 is 5.32 Å². The molecule has 0 saturated carbocycles. The first-order valence-electron chi connectivity index (χ1n) is 10.7. The fourth-order valence-corrected chi connectivity index (χ4v) is 4.02. The Labute approximate surface area is 190 Å². The van der Waals surface area contributed by atoms with Gasteiger partial charge in [-0.05, 0) is 49.2 Å². The van der Waals surface area contributed by atoms with Crippen LogP contribution in [0.2, 0.25) is 0 Å². The van der Waals surface area contributed by atoms with Gasteiger partial charge in [-0.3, -0.25) is 0 Å². The first kappa shape index (κ1) is 20.9. The largest absolute Gasteiger partial charge is 0.508 e. The van der Waals surface area contributed by atoms with E-state index in [1.807, 2.05) is 16.8 Å². The minimum absolute atomic E-state index is 0.167. The lowest BCUT2D eigenvalue weighted by atomic mass is 10.1. The summed E-state index contributed by atoms with van der Waals surface area (Å²) in [7, 11) is 1.36. The highest BCUT2D eigenvalue weighted by atomic mass is 16.5. The van der Waals surface area contributed by atoms with Gasteiger partial charge in [0.05, 0.1) is 24.1 Å². The molecule has 0 atom stereocenters. The third kappa shape index (κ3) is 4.10. The minimum Gasteiger partial charge on any atom is -0.508 e. The number of phenols is 1. The first-order valence-corrected chi connectivity index (χ1v) is 10.7. The van der Waals surface area contributed by atoms with Gasteiger partial charge in [-0.2, -0.15) is 5.10 Å². The molecule has 9 heteroatoms. The minimum atomic E-state index is -0.392. The number of carbonyl (C=O) groups excluding carboxylic acids is 1. The Hall–Kier alpha value is -3.98. The molecular weight excluding hydrogens is 422 g/mol. The molecule has 168 valence electrons. The van der Waals surface area contributed by atoms with Gasteiger partial charge in [0, 0.05) is 24.5 Å². The average molecular weight is 445 g/mol. The van der Waals surface area contributed by atoms with Gasteiger partial charge in [-0.1, -0.05) is 12.1 Å². The number of rotatable bonds is 5. The molecule has 0 spiro atoms. The van der Waals surface area contributed by atoms with Crippen molar-refractivity contribution in [2.75, 3.05) is 25.6 Å². The molecule has 2 aromatic carbocycles. The van der Waals surface area contributed by atoms with Crippen LogP contribution in [0.15, 0.2) is 54.9 Å². The Morgan fingerprint density at radius 1 is 1.09 bits per heavy atom. The van der Waals surface area contributed by atoms with Crippen LogP contribution in [0, 0.1) is 0 Å². The molecule has 33 heavy (non-hydrogen) atoms. The normalized spacial score (nSPS) is 14.3. The molecule has 0 amide bonds. The lowest BCUT2D eigenvalue weighted by molar-refractivity contribution is 0.0600. The number of nitrogens with one attached hydrogen (secondary N) is 1. The van der Waals surface area contributed by atoms with Crippen LogP contribution >= 0.6 is 0 Å². The quantitative estimate of drug-likeness (QED) is 0.349. The Bertz CT molecular complexity index is 1280. The van der Waals surface area contributed by atoms with Crippen molar-refractivity contribution >= 4 is 28.5 Å². The molecule has 5 rings (SSSR count). The van der Waals surface area contributed by atoms with Crippen molar-refractivity contribution in [3.05, 3.63) is 60.4 Å². The molecule has 9 nitrogen and oxygen atoms in total. The molecule has 1 aliphatic heterocycles. The molecule has 3 heterocycles. The monoisotopic (exact) mass is 445 g/mol. The Morgan fingerprint density at radius 3 is 2.52 bits per heavy atom. The van der Waals surface area contributed by atoms with Crippen molar-refractivity contribution in [1.29, 1.82) is 0 Å². The second-order valence-corrected chi connectivity index (χ2v) is 7.80. The molecule has 1 aliphatic rings. The van der Waals surface area contributed by atoms with Crippen LogP contribution in [0.5, 0.6) is 5.75 Å². The Kier molecular flexibility index (Phi) is 5.62. The van der Waals surface area contributed by atoms with E-state index in [9.17, 15) is 9.90 Å². The van der Waals surface area contributed by atoms with E-state index in [0.29, 0.717) is 24.6 Å². The fourth-order valence-electron chi connectivity index (χ4n) is 4.02. The lowest BCUT2D eigenvalue weighted by Gasteiger charge is -2.22. The summed E-state index contributed by atoms with van der Waals surface area (Å²) in [6.07, 6.45) is 3.22. The zero-order valence-electron chi connectivity index (χ0n) is 18.1. The van der Waals surface area contributed by atoms with E-state index in [-0.39, 0.29) is 11.8 Å². The van der Waals surface area contributed by atoms with Gasteiger partial charge >= 0.3 is 5.97 Å². The number of phenolic OH excluding ortho intramolecular Hbond substituents is 1. The maximum absolute atomic E-state index is 11.9. The predicted octanol–water partition coefficient (Wildman–Crippen LogP) is 4.08. The van der Waals surface area contributed by atoms with E-state index in [1.165, 1.54) is 13.4 Å². The number of anilines is 2. The topological polar surface area (TPSA) is 111 Å². The zero-order valence-corrected chi connectivity index (χ0v) is 18.1. The standard InChI is InChI=1S/C24H23N5O4/c1-32-24(31)16-4-2-15(3-5-16)21-20-22(27-17-6-8-19(30)9-7-17)25-14-26-23(20)29(28-21)18-10-12-33-13-11-18/h2-9,14,18,30H,10-13H2,1H3,(H,25,26,27). The number of nitrogens with zero attached hydrogens (tertiary/aromatic N) is 4. The number of aromatic nitrogens is 4. The molecule has 0 unspecified atom stereocenters. The van der Waals surface area contributed by atoms with E-state index < -0.39 is 5.97 Å². The summed E-state index contributed by atoms with van der Waals surface area (Å²) >= 11 is 0. The van der Waals surface area contributed by atoms with Crippen LogP contribution in [-0.4, -0.2) is 51.1 Å². The van der Waals surface area contributed by atoms with Gasteiger partial charge in [0.15, 0.2) is 5.65 Å². The van der Waals surface area contributed by atoms with Gasteiger partial charge in [0.2, 0.25) is 0 Å². The number of hydrogen-bond acceptors (Lipinski definition) is 8. The Morgan fingerprint density at radius 2 is 1.82 bits per heavy atom. The Balaban J connectivity index is 1.64. The number of methoxy groups -OCH3 is 1. The molecule has 2 aromatic heterocycles. The fraction of sp³-hybridized carbons (Fsp3) is 0.250. The summed E-state index contributed by atoms with van der Waals surface area (Å²) in [6, 6.07) is 14.1. The van der Waals surface area contributed by atoms with Gasteiger partial charge in [-0.25, -0.2) is 19.4 Å². The van der Waals surface area contributed by atoms with E-state index in [2.05, 4.69) is 15.3 Å². The first-order chi connectivity index (χ1) is 16.1. The third-order valence-electron chi connectivity index (χ3n) is 5.73. The molecule has 4 aromatic rings. The van der Waals surface area contributed by atoms with Crippen molar-refractivity contribution in [3.63, 3.8) is 0 Å². The number of aromatic hydroxyl groups is 1. The van der Waals surface area contributed by atoms with Crippen LogP contribution in [0.4, 0.5) is 11.5 Å². The summed E-state index contributed by atoms with van der Waals surface area (Å²) in [5, 5.41) is 18.7. The van der Waals surface area contributed by atoms with Crippen molar-refractivity contribution in [2.24, 2.45) is 0 Å². The SMILES string of the molecule is COC(=O)c1ccc(-c2nn(C3CCOCC3)c3ncnc(Nc4ccc(O)cc4)c23)cc1. The summed E-state index contributed by atoms with van der Waals surface area (Å²) in [6.45, 7) is 1.36. The summed E-state index contributed by atoms with van der Waals surface area (Å²) in [5.74, 6) is 0.403. The second-order valence-electron chi connectivity index (χ2n) is 7.80. The highest BCUT2D eigenvalue weighted by molar-refractivity contribution is 6.00. The van der Waals surface area contributed by atoms with Crippen molar-refractivity contribution in [1.82, 2.24) is 19.7 Å². The lowest BCUT2D eigenvalue weighted by Crippen LogP contribution is -2.20. The zero-order chi connectivity index (χ0) is 22.8. The summed E-state index contributed by atoms with van der Waals surface area (Å²) in [4.78, 5) is 20.9. The molecule has 1 saturated heterocycles. The number of benzene rings is 2. The van der Waals surface area contributed by atoms with Crippen molar-refractivity contribution in [3.8, 4) is 17.0 Å². The molecule has 0 bridgehead atoms. The molecule has 2 N–H and O–H groups in total. The second kappa shape index (κ2) is 8.87. The predicted molar refractivity (Wildman–Crippen MR) is 123 cm³/mol. The van der Waals surface area contributed by atoms with Gasteiger partial charge in [0.25, 0.3) is 0 Å². The van der Waals surface area contributed by atoms with Crippen LogP contribution in [-0.2, 0) is 9.47 Å². The highest BCUT2D eigenvalue weighted by Crippen LogP contribution is 2.36. The maximum atomic E-state index is 11.9. The van der Waals surface area contributed by atoms with E-state index in [0.717, 1.165) is 40.8 Å². The molecular formula is C24H23N5O4. The van der Waals surface area contributed by atoms with Crippen molar-refractivity contribution < 1.29 is 19.4 Å². The number of esters is 1. The van der Waals surface area contributed by atoms with Gasteiger partial charge < -0.3 is 19.9 Å². The summed E-state index contributed by atoms with van der Waals surface area (Å²) in [5.41, 5.74) is 3.52. The number of ether oxygens (including phenoxy) is 2. The molecule has 0 radical (unpaired) electrons. The number of hydrogen-bond donors (Lipinski definition) is 2. The van der Waals surface area contributed by atoms with Crippen LogP contribution in [0.25, 0.3) is 22.3 Å². The van der Waals surface area contributed by atoms with Crippen molar-refractivity contribution in [2.45, 2.75) is 18.9 Å². The van der Waals surface area contributed by atoms with Crippen LogP contribution in [0.3, 0.4) is 0 Å². The third-order valence-corrected chi connectivity index (χ3v) is 5.73.